The van der Waals surface area contributed by atoms with Crippen LogP contribution in [0, 0.1) is 0 Å². The fraction of sp³-hybridized carbons (Fsp3) is 0.150. The normalized spacial score (nSPS) is 11.8. The maximum absolute atomic E-state index is 12.5. The first-order chi connectivity index (χ1) is 13.7. The number of anilines is 2. The highest BCUT2D eigenvalue weighted by Gasteiger charge is 2.14. The molecule has 1 aliphatic rings. The van der Waals surface area contributed by atoms with Crippen LogP contribution in [0.1, 0.15) is 16.1 Å². The number of amides is 1. The van der Waals surface area contributed by atoms with Gasteiger partial charge in [-0.2, -0.15) is 0 Å². The van der Waals surface area contributed by atoms with Gasteiger partial charge in [-0.1, -0.05) is 12.1 Å². The molecule has 0 unspecified atom stereocenters. The van der Waals surface area contributed by atoms with Crippen molar-refractivity contribution in [3.8, 4) is 17.2 Å². The van der Waals surface area contributed by atoms with Gasteiger partial charge in [-0.25, -0.2) is 9.97 Å². The third kappa shape index (κ3) is 3.96. The summed E-state index contributed by atoms with van der Waals surface area (Å²) in [6.07, 6.45) is 1.53. The molecule has 0 aliphatic carbocycles. The van der Waals surface area contributed by atoms with E-state index in [1.165, 1.54) is 6.20 Å². The van der Waals surface area contributed by atoms with Crippen LogP contribution in [0.4, 0.5) is 11.6 Å². The SMILES string of the molecule is COc1cccc(Nc2nccc(C(=O)NCc3ccc4c(c3)OCO4)n2)c1. The molecule has 8 heteroatoms. The molecular formula is C20H18N4O4. The molecule has 2 heterocycles. The Morgan fingerprint density at radius 1 is 1.14 bits per heavy atom. The highest BCUT2D eigenvalue weighted by molar-refractivity contribution is 5.92. The Morgan fingerprint density at radius 3 is 2.93 bits per heavy atom. The van der Waals surface area contributed by atoms with E-state index in [1.54, 1.807) is 13.2 Å². The van der Waals surface area contributed by atoms with E-state index in [9.17, 15) is 4.79 Å². The Morgan fingerprint density at radius 2 is 2.04 bits per heavy atom. The molecule has 28 heavy (non-hydrogen) atoms. The van der Waals surface area contributed by atoms with E-state index in [0.717, 1.165) is 11.3 Å². The fourth-order valence-electron chi connectivity index (χ4n) is 2.70. The van der Waals surface area contributed by atoms with Crippen molar-refractivity contribution in [1.82, 2.24) is 15.3 Å². The highest BCUT2D eigenvalue weighted by atomic mass is 16.7. The van der Waals surface area contributed by atoms with Gasteiger partial charge in [-0.3, -0.25) is 4.79 Å². The maximum atomic E-state index is 12.5. The topological polar surface area (TPSA) is 94.6 Å². The quantitative estimate of drug-likeness (QED) is 0.681. The van der Waals surface area contributed by atoms with Crippen molar-refractivity contribution >= 4 is 17.5 Å². The molecule has 4 rings (SSSR count). The molecule has 0 atom stereocenters. The van der Waals surface area contributed by atoms with Gasteiger partial charge in [0, 0.05) is 24.5 Å². The molecule has 0 fully saturated rings. The summed E-state index contributed by atoms with van der Waals surface area (Å²) in [5, 5.41) is 5.91. The zero-order valence-corrected chi connectivity index (χ0v) is 15.1. The number of fused-ring (bicyclic) bond motifs is 1. The van der Waals surface area contributed by atoms with Crippen molar-refractivity contribution in [3.63, 3.8) is 0 Å². The number of aromatic nitrogens is 2. The Balaban J connectivity index is 1.41. The van der Waals surface area contributed by atoms with E-state index in [-0.39, 0.29) is 18.4 Å². The number of hydrogen-bond acceptors (Lipinski definition) is 7. The van der Waals surface area contributed by atoms with Gasteiger partial charge in [0.2, 0.25) is 12.7 Å². The standard InChI is InChI=1S/C20H18N4O4/c1-26-15-4-2-3-14(10-15)23-20-21-8-7-16(24-20)19(25)22-11-13-5-6-17-18(9-13)28-12-27-17/h2-10H,11-12H2,1H3,(H,22,25)(H,21,23,24). The van der Waals surface area contributed by atoms with Gasteiger partial charge in [0.15, 0.2) is 11.5 Å². The van der Waals surface area contributed by atoms with E-state index < -0.39 is 0 Å². The summed E-state index contributed by atoms with van der Waals surface area (Å²) in [5.41, 5.74) is 1.93. The maximum Gasteiger partial charge on any atom is 0.270 e. The van der Waals surface area contributed by atoms with E-state index in [4.69, 9.17) is 14.2 Å². The Kier molecular flexibility index (Phi) is 4.92. The van der Waals surface area contributed by atoms with Gasteiger partial charge in [-0.05, 0) is 35.9 Å². The van der Waals surface area contributed by atoms with Crippen molar-refractivity contribution in [2.45, 2.75) is 6.54 Å². The second-order valence-electron chi connectivity index (χ2n) is 5.99. The monoisotopic (exact) mass is 378 g/mol. The number of nitrogens with one attached hydrogen (secondary N) is 2. The molecule has 8 nitrogen and oxygen atoms in total. The number of rotatable bonds is 6. The number of benzene rings is 2. The molecule has 3 aromatic rings. The molecule has 0 bridgehead atoms. The van der Waals surface area contributed by atoms with Crippen LogP contribution in [0.15, 0.2) is 54.7 Å². The predicted octanol–water partition coefficient (Wildman–Crippen LogP) is 2.89. The Hall–Kier alpha value is -3.81. The lowest BCUT2D eigenvalue weighted by molar-refractivity contribution is 0.0946. The van der Waals surface area contributed by atoms with Crippen LogP contribution in [-0.2, 0) is 6.54 Å². The number of hydrogen-bond donors (Lipinski definition) is 2. The average molecular weight is 378 g/mol. The lowest BCUT2D eigenvalue weighted by Gasteiger charge is -2.09. The number of methoxy groups -OCH3 is 1. The molecule has 0 saturated heterocycles. The second kappa shape index (κ2) is 7.83. The molecule has 142 valence electrons. The van der Waals surface area contributed by atoms with E-state index >= 15 is 0 Å². The molecular weight excluding hydrogens is 360 g/mol. The molecule has 1 aliphatic heterocycles. The second-order valence-corrected chi connectivity index (χ2v) is 5.99. The van der Waals surface area contributed by atoms with Crippen LogP contribution in [-0.4, -0.2) is 29.8 Å². The van der Waals surface area contributed by atoms with Crippen LogP contribution in [0.5, 0.6) is 17.2 Å². The molecule has 2 N–H and O–H groups in total. The van der Waals surface area contributed by atoms with Crippen molar-refractivity contribution in [1.29, 1.82) is 0 Å². The average Bonchev–Trinajstić information content (AvgIpc) is 3.20. The minimum atomic E-state index is -0.297. The van der Waals surface area contributed by atoms with E-state index in [2.05, 4.69) is 20.6 Å². The summed E-state index contributed by atoms with van der Waals surface area (Å²) in [5.74, 6) is 2.12. The van der Waals surface area contributed by atoms with Crippen molar-refractivity contribution in [2.75, 3.05) is 19.2 Å². The summed E-state index contributed by atoms with van der Waals surface area (Å²) >= 11 is 0. The summed E-state index contributed by atoms with van der Waals surface area (Å²) in [6, 6.07) is 14.5. The van der Waals surface area contributed by atoms with Gasteiger partial charge in [0.1, 0.15) is 11.4 Å². The van der Waals surface area contributed by atoms with Crippen molar-refractivity contribution < 1.29 is 19.0 Å². The minimum Gasteiger partial charge on any atom is -0.497 e. The number of carbonyl (C=O) groups is 1. The van der Waals surface area contributed by atoms with E-state index in [1.807, 2.05) is 42.5 Å². The molecule has 1 aromatic heterocycles. The summed E-state index contributed by atoms with van der Waals surface area (Å²) in [7, 11) is 1.60. The van der Waals surface area contributed by atoms with Gasteiger partial charge in [0.05, 0.1) is 7.11 Å². The largest absolute Gasteiger partial charge is 0.497 e. The summed E-state index contributed by atoms with van der Waals surface area (Å²) in [6.45, 7) is 0.563. The Bertz CT molecular complexity index is 1010. The van der Waals surface area contributed by atoms with Crippen LogP contribution < -0.4 is 24.8 Å². The predicted molar refractivity (Wildman–Crippen MR) is 102 cm³/mol. The van der Waals surface area contributed by atoms with Crippen molar-refractivity contribution in [2.24, 2.45) is 0 Å². The smallest absolute Gasteiger partial charge is 0.270 e. The van der Waals surface area contributed by atoms with Crippen LogP contribution >= 0.6 is 0 Å². The fourth-order valence-corrected chi connectivity index (χ4v) is 2.70. The Labute approximate surface area is 161 Å². The van der Waals surface area contributed by atoms with Crippen LogP contribution in [0.25, 0.3) is 0 Å². The first-order valence-corrected chi connectivity index (χ1v) is 8.62. The zero-order chi connectivity index (χ0) is 19.3. The lowest BCUT2D eigenvalue weighted by Crippen LogP contribution is -2.24. The molecule has 1 amide bonds. The van der Waals surface area contributed by atoms with Crippen LogP contribution in [0.3, 0.4) is 0 Å². The first kappa shape index (κ1) is 17.6. The van der Waals surface area contributed by atoms with Gasteiger partial charge < -0.3 is 24.8 Å². The van der Waals surface area contributed by atoms with E-state index in [0.29, 0.717) is 29.7 Å². The van der Waals surface area contributed by atoms with Crippen LogP contribution in [0.2, 0.25) is 0 Å². The summed E-state index contributed by atoms with van der Waals surface area (Å²) < 4.78 is 15.8. The van der Waals surface area contributed by atoms with Crippen molar-refractivity contribution in [3.05, 3.63) is 66.0 Å². The van der Waals surface area contributed by atoms with Gasteiger partial charge in [0.25, 0.3) is 5.91 Å². The summed E-state index contributed by atoms with van der Waals surface area (Å²) in [4.78, 5) is 20.9. The third-order valence-electron chi connectivity index (χ3n) is 4.10. The highest BCUT2D eigenvalue weighted by Crippen LogP contribution is 2.32. The molecule has 2 aromatic carbocycles. The molecule has 0 spiro atoms. The number of ether oxygens (including phenoxy) is 3. The zero-order valence-electron chi connectivity index (χ0n) is 15.1. The molecule has 0 radical (unpaired) electrons. The number of nitrogens with zero attached hydrogens (tertiary/aromatic N) is 2. The lowest BCUT2D eigenvalue weighted by atomic mass is 10.2. The number of carbonyl (C=O) groups excluding carboxylic acids is 1. The van der Waals surface area contributed by atoms with Gasteiger partial charge in [-0.15, -0.1) is 0 Å². The third-order valence-corrected chi connectivity index (χ3v) is 4.10. The van der Waals surface area contributed by atoms with Gasteiger partial charge >= 0.3 is 0 Å². The molecule has 0 saturated carbocycles. The minimum absolute atomic E-state index is 0.217. The first-order valence-electron chi connectivity index (χ1n) is 8.62.